The Bertz CT molecular complexity index is 862. The third-order valence-corrected chi connectivity index (χ3v) is 4.53. The van der Waals surface area contributed by atoms with E-state index in [4.69, 9.17) is 13.9 Å². The van der Waals surface area contributed by atoms with E-state index in [1.54, 1.807) is 18.4 Å². The quantitative estimate of drug-likeness (QED) is 0.553. The summed E-state index contributed by atoms with van der Waals surface area (Å²) in [4.78, 5) is 13.3. The number of furan rings is 1. The molecule has 1 aromatic heterocycles. The van der Waals surface area contributed by atoms with Gasteiger partial charge in [-0.25, -0.2) is 0 Å². The molecule has 2 N–H and O–H groups in total. The van der Waals surface area contributed by atoms with Crippen LogP contribution in [0.4, 0.5) is 0 Å². The van der Waals surface area contributed by atoms with Crippen LogP contribution in [-0.4, -0.2) is 33.2 Å². The lowest BCUT2D eigenvalue weighted by molar-refractivity contribution is -0.891. The van der Waals surface area contributed by atoms with Crippen molar-refractivity contribution in [1.82, 2.24) is 5.32 Å². The maximum absolute atomic E-state index is 12.1. The Labute approximate surface area is 171 Å². The molecule has 0 spiro atoms. The van der Waals surface area contributed by atoms with Crippen LogP contribution in [0.15, 0.2) is 77.4 Å². The first-order chi connectivity index (χ1) is 14.1. The lowest BCUT2D eigenvalue weighted by Gasteiger charge is -2.19. The molecule has 152 valence electrons. The van der Waals surface area contributed by atoms with Crippen LogP contribution in [0.2, 0.25) is 0 Å². The minimum absolute atomic E-state index is 0.0438. The molecular formula is C23H27N2O4+. The van der Waals surface area contributed by atoms with Crippen LogP contribution in [0.25, 0.3) is 0 Å². The molecule has 1 heterocycles. The fraction of sp³-hybridized carbons (Fsp3) is 0.261. The number of rotatable bonds is 10. The monoisotopic (exact) mass is 395 g/mol. The van der Waals surface area contributed by atoms with Gasteiger partial charge in [0.15, 0.2) is 18.4 Å². The molecule has 0 bridgehead atoms. The van der Waals surface area contributed by atoms with Crippen LogP contribution in [0.1, 0.15) is 17.4 Å². The van der Waals surface area contributed by atoms with Gasteiger partial charge in [0.1, 0.15) is 18.1 Å². The summed E-state index contributed by atoms with van der Waals surface area (Å²) in [5.74, 6) is 2.04. The molecule has 2 aromatic carbocycles. The zero-order chi connectivity index (χ0) is 20.5. The molecular weight excluding hydrogens is 368 g/mol. The minimum Gasteiger partial charge on any atom is -0.489 e. The topological polar surface area (TPSA) is 65.1 Å². The Balaban J connectivity index is 1.41. The number of carbonyl (C=O) groups excluding carboxylic acids is 1. The predicted octanol–water partition coefficient (Wildman–Crippen LogP) is 2.24. The maximum Gasteiger partial charge on any atom is 0.258 e. The third kappa shape index (κ3) is 6.40. The van der Waals surface area contributed by atoms with Crippen molar-refractivity contribution in [2.24, 2.45) is 0 Å². The molecule has 29 heavy (non-hydrogen) atoms. The highest BCUT2D eigenvalue weighted by Gasteiger charge is 2.21. The molecule has 6 heteroatoms. The fourth-order valence-electron chi connectivity index (χ4n) is 2.87. The second-order valence-corrected chi connectivity index (χ2v) is 6.98. The van der Waals surface area contributed by atoms with Crippen LogP contribution < -0.4 is 19.7 Å². The normalized spacial score (nSPS) is 11.8. The molecule has 0 aliphatic rings. The van der Waals surface area contributed by atoms with Crippen molar-refractivity contribution in [3.8, 4) is 11.5 Å². The van der Waals surface area contributed by atoms with Gasteiger partial charge in [-0.05, 0) is 42.0 Å². The third-order valence-electron chi connectivity index (χ3n) is 4.53. The van der Waals surface area contributed by atoms with Gasteiger partial charge in [-0.15, -0.1) is 0 Å². The van der Waals surface area contributed by atoms with E-state index in [2.05, 4.69) is 5.32 Å². The Morgan fingerprint density at radius 3 is 2.28 bits per heavy atom. The molecule has 0 saturated carbocycles. The van der Waals surface area contributed by atoms with Gasteiger partial charge in [-0.2, -0.15) is 0 Å². The van der Waals surface area contributed by atoms with Crippen LogP contribution in [-0.2, 0) is 11.4 Å². The number of nitrogens with one attached hydrogen (secondary N) is 2. The molecule has 1 amide bonds. The van der Waals surface area contributed by atoms with Gasteiger partial charge >= 0.3 is 0 Å². The number of carbonyl (C=O) groups is 1. The summed E-state index contributed by atoms with van der Waals surface area (Å²) in [5.41, 5.74) is 1.11. The van der Waals surface area contributed by atoms with E-state index in [1.165, 1.54) is 4.90 Å². The average molecular weight is 395 g/mol. The average Bonchev–Trinajstić information content (AvgIpc) is 3.26. The van der Waals surface area contributed by atoms with Crippen molar-refractivity contribution in [2.75, 3.05) is 27.2 Å². The van der Waals surface area contributed by atoms with E-state index < -0.39 is 0 Å². The summed E-state index contributed by atoms with van der Waals surface area (Å²) in [6.07, 6.45) is 1.64. The highest BCUT2D eigenvalue weighted by atomic mass is 16.5. The van der Waals surface area contributed by atoms with E-state index in [0.717, 1.165) is 17.1 Å². The summed E-state index contributed by atoms with van der Waals surface area (Å²) in [5, 5.41) is 2.90. The first kappa shape index (κ1) is 20.5. The number of quaternary nitrogens is 1. The first-order valence-corrected chi connectivity index (χ1v) is 9.61. The summed E-state index contributed by atoms with van der Waals surface area (Å²) in [7, 11) is 4.05. The van der Waals surface area contributed by atoms with Gasteiger partial charge in [0.05, 0.1) is 26.9 Å². The van der Waals surface area contributed by atoms with Crippen molar-refractivity contribution in [1.29, 1.82) is 0 Å². The highest BCUT2D eigenvalue weighted by Crippen LogP contribution is 2.18. The summed E-state index contributed by atoms with van der Waals surface area (Å²) in [6, 6.07) is 21.1. The number of benzene rings is 2. The second kappa shape index (κ2) is 10.3. The molecule has 0 radical (unpaired) electrons. The van der Waals surface area contributed by atoms with Crippen molar-refractivity contribution in [2.45, 2.75) is 12.6 Å². The molecule has 0 unspecified atom stereocenters. The highest BCUT2D eigenvalue weighted by molar-refractivity contribution is 5.77. The fourth-order valence-corrected chi connectivity index (χ4v) is 2.87. The zero-order valence-corrected chi connectivity index (χ0v) is 16.8. The number of hydrogen-bond donors (Lipinski definition) is 2. The van der Waals surface area contributed by atoms with Crippen LogP contribution in [0.5, 0.6) is 11.5 Å². The summed E-state index contributed by atoms with van der Waals surface area (Å²) >= 11 is 0. The maximum atomic E-state index is 12.1. The Morgan fingerprint density at radius 2 is 1.66 bits per heavy atom. The predicted molar refractivity (Wildman–Crippen MR) is 110 cm³/mol. The molecule has 3 rings (SSSR count). The van der Waals surface area contributed by atoms with E-state index >= 15 is 0 Å². The molecule has 6 nitrogen and oxygen atoms in total. The summed E-state index contributed by atoms with van der Waals surface area (Å²) in [6.45, 7) is 0.941. The van der Waals surface area contributed by atoms with Crippen molar-refractivity contribution in [3.05, 3.63) is 84.3 Å². The second-order valence-electron chi connectivity index (χ2n) is 6.98. The van der Waals surface area contributed by atoms with Gasteiger partial charge in [0.25, 0.3) is 5.91 Å². The van der Waals surface area contributed by atoms with Crippen molar-refractivity contribution < 1.29 is 23.6 Å². The lowest BCUT2D eigenvalue weighted by atomic mass is 10.2. The Hall–Kier alpha value is -3.25. The lowest BCUT2D eigenvalue weighted by Crippen LogP contribution is -3.07. The largest absolute Gasteiger partial charge is 0.489 e. The van der Waals surface area contributed by atoms with Gasteiger partial charge in [0, 0.05) is 0 Å². The van der Waals surface area contributed by atoms with Crippen LogP contribution >= 0.6 is 0 Å². The number of ether oxygens (including phenoxy) is 2. The number of amides is 1. The summed E-state index contributed by atoms with van der Waals surface area (Å²) < 4.78 is 16.8. The molecule has 1 atom stereocenters. The van der Waals surface area contributed by atoms with Crippen LogP contribution in [0.3, 0.4) is 0 Å². The van der Waals surface area contributed by atoms with Gasteiger partial charge in [-0.1, -0.05) is 30.3 Å². The molecule has 0 saturated heterocycles. The van der Waals surface area contributed by atoms with Crippen molar-refractivity contribution in [3.63, 3.8) is 0 Å². The van der Waals surface area contributed by atoms with Gasteiger partial charge < -0.3 is 24.1 Å². The molecule has 0 aliphatic carbocycles. The first-order valence-electron chi connectivity index (χ1n) is 9.61. The molecule has 0 aliphatic heterocycles. The van der Waals surface area contributed by atoms with E-state index in [0.29, 0.717) is 18.9 Å². The smallest absolute Gasteiger partial charge is 0.258 e. The van der Waals surface area contributed by atoms with Crippen LogP contribution in [0, 0.1) is 0 Å². The van der Waals surface area contributed by atoms with Gasteiger partial charge in [-0.3, -0.25) is 4.79 Å². The van der Waals surface area contributed by atoms with E-state index in [-0.39, 0.29) is 18.6 Å². The Morgan fingerprint density at radius 1 is 0.966 bits per heavy atom. The van der Waals surface area contributed by atoms with E-state index in [9.17, 15) is 4.79 Å². The Kier molecular flexibility index (Phi) is 7.30. The van der Waals surface area contributed by atoms with Crippen molar-refractivity contribution >= 4 is 5.91 Å². The zero-order valence-electron chi connectivity index (χ0n) is 16.8. The standard InChI is InChI=1S/C23H26N2O4/c1-25(2)21(22-9-6-14-27-22)15-24-23(26)17-29-20-12-10-19(11-13-20)28-16-18-7-4-3-5-8-18/h3-14,21H,15-17H2,1-2H3,(H,24,26)/p+1/t21-/m0/s1. The number of likely N-dealkylation sites (N-methyl/N-ethyl adjacent to an activating group) is 1. The minimum atomic E-state index is -0.174. The van der Waals surface area contributed by atoms with Gasteiger partial charge in [0.2, 0.25) is 0 Å². The molecule has 3 aromatic rings. The van der Waals surface area contributed by atoms with E-state index in [1.807, 2.05) is 68.7 Å². The number of hydrogen-bond acceptors (Lipinski definition) is 4. The SMILES string of the molecule is C[NH+](C)[C@@H](CNC(=O)COc1ccc(OCc2ccccc2)cc1)c1ccco1. The molecule has 0 fully saturated rings.